The zero-order valence-electron chi connectivity index (χ0n) is 16.5. The van der Waals surface area contributed by atoms with Crippen molar-refractivity contribution < 1.29 is 19.1 Å². The van der Waals surface area contributed by atoms with Crippen molar-refractivity contribution in [2.45, 2.75) is 39.7 Å². The van der Waals surface area contributed by atoms with Crippen molar-refractivity contribution in [3.63, 3.8) is 0 Å². The number of benzene rings is 2. The highest BCUT2D eigenvalue weighted by Crippen LogP contribution is 2.35. The Hall–Kier alpha value is -3.02. The van der Waals surface area contributed by atoms with Gasteiger partial charge in [0.25, 0.3) is 11.8 Å². The molecule has 2 amide bonds. The Morgan fingerprint density at radius 3 is 2.64 bits per heavy atom. The van der Waals surface area contributed by atoms with Gasteiger partial charge in [0.2, 0.25) is 0 Å². The fraction of sp³-hybridized carbons (Fsp3) is 0.364. The number of ether oxygens (including phenoxy) is 2. The molecule has 6 nitrogen and oxygen atoms in total. The molecular weight excluding hydrogens is 356 g/mol. The molecule has 0 radical (unpaired) electrons. The molecule has 0 atom stereocenters. The minimum atomic E-state index is -0.223. The predicted octanol–water partition coefficient (Wildman–Crippen LogP) is 4.25. The van der Waals surface area contributed by atoms with Gasteiger partial charge in [0.05, 0.1) is 11.8 Å². The first-order chi connectivity index (χ1) is 13.5. The zero-order chi connectivity index (χ0) is 20.1. The summed E-state index contributed by atoms with van der Waals surface area (Å²) in [5.74, 6) is 1.09. The average molecular weight is 382 g/mol. The van der Waals surface area contributed by atoms with Crippen molar-refractivity contribution in [2.24, 2.45) is 0 Å². The van der Waals surface area contributed by atoms with E-state index in [2.05, 4.69) is 12.2 Å². The van der Waals surface area contributed by atoms with E-state index in [0.29, 0.717) is 29.2 Å². The van der Waals surface area contributed by atoms with Crippen LogP contribution in [-0.2, 0) is 4.79 Å². The maximum atomic E-state index is 12.6. The van der Waals surface area contributed by atoms with Gasteiger partial charge in [0, 0.05) is 17.8 Å². The smallest absolute Gasteiger partial charge is 0.265 e. The molecule has 0 aliphatic carbocycles. The highest BCUT2D eigenvalue weighted by atomic mass is 16.5. The largest absolute Gasteiger partial charge is 0.491 e. The summed E-state index contributed by atoms with van der Waals surface area (Å²) in [5.41, 5.74) is 1.85. The summed E-state index contributed by atoms with van der Waals surface area (Å²) >= 11 is 0. The third-order valence-corrected chi connectivity index (χ3v) is 4.38. The molecule has 28 heavy (non-hydrogen) atoms. The van der Waals surface area contributed by atoms with Gasteiger partial charge in [-0.25, -0.2) is 0 Å². The van der Waals surface area contributed by atoms with Gasteiger partial charge in [-0.1, -0.05) is 13.3 Å². The Bertz CT molecular complexity index is 846. The molecule has 0 unspecified atom stereocenters. The molecule has 6 heteroatoms. The highest BCUT2D eigenvalue weighted by molar-refractivity contribution is 6.05. The van der Waals surface area contributed by atoms with Gasteiger partial charge in [-0.2, -0.15) is 0 Å². The fourth-order valence-corrected chi connectivity index (χ4v) is 3.00. The van der Waals surface area contributed by atoms with Crippen LogP contribution in [0.2, 0.25) is 0 Å². The number of amides is 2. The summed E-state index contributed by atoms with van der Waals surface area (Å²) in [6.07, 6.45) is 1.98. The van der Waals surface area contributed by atoms with E-state index in [1.165, 1.54) is 0 Å². The summed E-state index contributed by atoms with van der Waals surface area (Å²) in [6.45, 7) is 6.68. The van der Waals surface area contributed by atoms with E-state index in [1.807, 2.05) is 13.8 Å². The predicted molar refractivity (Wildman–Crippen MR) is 109 cm³/mol. The van der Waals surface area contributed by atoms with Gasteiger partial charge in [0.15, 0.2) is 6.61 Å². The number of unbranched alkanes of at least 4 members (excludes halogenated alkanes) is 1. The van der Waals surface area contributed by atoms with Gasteiger partial charge in [0.1, 0.15) is 11.5 Å². The monoisotopic (exact) mass is 382 g/mol. The maximum Gasteiger partial charge on any atom is 0.265 e. The maximum absolute atomic E-state index is 12.6. The quantitative estimate of drug-likeness (QED) is 0.777. The van der Waals surface area contributed by atoms with Crippen molar-refractivity contribution in [1.29, 1.82) is 0 Å². The lowest BCUT2D eigenvalue weighted by atomic mass is 10.1. The topological polar surface area (TPSA) is 67.9 Å². The van der Waals surface area contributed by atoms with Crippen LogP contribution in [0.4, 0.5) is 11.4 Å². The third kappa shape index (κ3) is 4.63. The van der Waals surface area contributed by atoms with Gasteiger partial charge >= 0.3 is 0 Å². The first-order valence-electron chi connectivity index (χ1n) is 9.63. The molecule has 1 aliphatic rings. The number of carbonyl (C=O) groups is 2. The standard InChI is InChI=1S/C22H26N2O4/c1-4-5-12-24-19-13-17(8-11-20(19)27-14-21(24)25)23-22(26)16-6-9-18(10-7-16)28-15(2)3/h6-11,13,15H,4-5,12,14H2,1-3H3,(H,23,26). The first-order valence-corrected chi connectivity index (χ1v) is 9.63. The lowest BCUT2D eigenvalue weighted by Crippen LogP contribution is -2.39. The summed E-state index contributed by atoms with van der Waals surface area (Å²) in [7, 11) is 0. The van der Waals surface area contributed by atoms with Crippen LogP contribution in [0, 0.1) is 0 Å². The molecule has 148 valence electrons. The van der Waals surface area contributed by atoms with E-state index in [1.54, 1.807) is 47.4 Å². The van der Waals surface area contributed by atoms with Gasteiger partial charge in [-0.15, -0.1) is 0 Å². The fourth-order valence-electron chi connectivity index (χ4n) is 3.00. The van der Waals surface area contributed by atoms with Crippen molar-refractivity contribution in [3.8, 4) is 11.5 Å². The van der Waals surface area contributed by atoms with E-state index in [0.717, 1.165) is 18.6 Å². The van der Waals surface area contributed by atoms with Gasteiger partial charge < -0.3 is 19.7 Å². The highest BCUT2D eigenvalue weighted by Gasteiger charge is 2.25. The Morgan fingerprint density at radius 1 is 1.21 bits per heavy atom. The Labute approximate surface area is 165 Å². The number of carbonyl (C=O) groups excluding carboxylic acids is 2. The molecule has 3 rings (SSSR count). The van der Waals surface area contributed by atoms with Crippen molar-refractivity contribution in [1.82, 2.24) is 0 Å². The van der Waals surface area contributed by atoms with Crippen LogP contribution in [0.25, 0.3) is 0 Å². The summed E-state index contributed by atoms with van der Waals surface area (Å²) < 4.78 is 11.1. The van der Waals surface area contributed by atoms with Crippen LogP contribution in [0.3, 0.4) is 0 Å². The Morgan fingerprint density at radius 2 is 1.96 bits per heavy atom. The first kappa shape index (κ1) is 19.7. The lowest BCUT2D eigenvalue weighted by Gasteiger charge is -2.29. The number of anilines is 2. The molecule has 0 bridgehead atoms. The second-order valence-corrected chi connectivity index (χ2v) is 7.02. The van der Waals surface area contributed by atoms with E-state index >= 15 is 0 Å². The van der Waals surface area contributed by atoms with Crippen LogP contribution in [0.15, 0.2) is 42.5 Å². The number of nitrogens with zero attached hydrogens (tertiary/aromatic N) is 1. The second-order valence-electron chi connectivity index (χ2n) is 7.02. The molecular formula is C22H26N2O4. The van der Waals surface area contributed by atoms with Crippen molar-refractivity contribution >= 4 is 23.2 Å². The van der Waals surface area contributed by atoms with Crippen LogP contribution in [-0.4, -0.2) is 31.1 Å². The normalized spacial score (nSPS) is 13.1. The molecule has 1 heterocycles. The van der Waals surface area contributed by atoms with Crippen LogP contribution in [0.1, 0.15) is 44.0 Å². The van der Waals surface area contributed by atoms with Gasteiger partial charge in [-0.3, -0.25) is 9.59 Å². The molecule has 1 aliphatic heterocycles. The summed E-state index contributed by atoms with van der Waals surface area (Å²) in [4.78, 5) is 26.5. The van der Waals surface area contributed by atoms with Crippen LogP contribution >= 0.6 is 0 Å². The number of rotatable bonds is 7. The van der Waals surface area contributed by atoms with Gasteiger partial charge in [-0.05, 0) is 62.7 Å². The lowest BCUT2D eigenvalue weighted by molar-refractivity contribution is -0.121. The van der Waals surface area contributed by atoms with E-state index in [4.69, 9.17) is 9.47 Å². The Kier molecular flexibility index (Phi) is 6.19. The van der Waals surface area contributed by atoms with Crippen LogP contribution < -0.4 is 19.7 Å². The molecule has 0 aromatic heterocycles. The SMILES string of the molecule is CCCCN1C(=O)COc2ccc(NC(=O)c3ccc(OC(C)C)cc3)cc21. The molecule has 0 spiro atoms. The minimum absolute atomic E-state index is 0.0488. The molecule has 2 aromatic rings. The zero-order valence-corrected chi connectivity index (χ0v) is 16.5. The number of hydrogen-bond donors (Lipinski definition) is 1. The minimum Gasteiger partial charge on any atom is -0.491 e. The summed E-state index contributed by atoms with van der Waals surface area (Å²) in [6, 6.07) is 12.4. The molecule has 0 saturated heterocycles. The van der Waals surface area contributed by atoms with E-state index < -0.39 is 0 Å². The number of hydrogen-bond acceptors (Lipinski definition) is 4. The van der Waals surface area contributed by atoms with E-state index in [-0.39, 0.29) is 24.5 Å². The van der Waals surface area contributed by atoms with Crippen LogP contribution in [0.5, 0.6) is 11.5 Å². The van der Waals surface area contributed by atoms with E-state index in [9.17, 15) is 9.59 Å². The summed E-state index contributed by atoms with van der Waals surface area (Å²) in [5, 5.41) is 2.89. The molecule has 1 N–H and O–H groups in total. The second kappa shape index (κ2) is 8.78. The average Bonchev–Trinajstić information content (AvgIpc) is 2.67. The van der Waals surface area contributed by atoms with Crippen molar-refractivity contribution in [2.75, 3.05) is 23.4 Å². The molecule has 0 fully saturated rings. The molecule has 2 aromatic carbocycles. The molecule has 0 saturated carbocycles. The number of nitrogens with one attached hydrogen (secondary N) is 1. The third-order valence-electron chi connectivity index (χ3n) is 4.38. The Balaban J connectivity index is 1.75. The number of fused-ring (bicyclic) bond motifs is 1. The van der Waals surface area contributed by atoms with Crippen molar-refractivity contribution in [3.05, 3.63) is 48.0 Å².